The summed E-state index contributed by atoms with van der Waals surface area (Å²) in [6, 6.07) is 0. The van der Waals surface area contributed by atoms with Gasteiger partial charge in [0.2, 0.25) is 6.29 Å². The Balaban J connectivity index is 3.37. The SMILES string of the molecule is C=C(C)OC(C)OC=O. The molecule has 1 atom stereocenters. The highest BCUT2D eigenvalue weighted by molar-refractivity contribution is 5.37. The van der Waals surface area contributed by atoms with Crippen molar-refractivity contribution in [3.05, 3.63) is 12.3 Å². The number of ether oxygens (including phenoxy) is 2. The zero-order chi connectivity index (χ0) is 7.28. The normalized spacial score (nSPS) is 11.8. The molecule has 0 saturated carbocycles. The van der Waals surface area contributed by atoms with Crippen molar-refractivity contribution in [1.29, 1.82) is 0 Å². The molecule has 0 aromatic heterocycles. The van der Waals surface area contributed by atoms with E-state index < -0.39 is 6.29 Å². The summed E-state index contributed by atoms with van der Waals surface area (Å²) < 4.78 is 9.23. The Kier molecular flexibility index (Phi) is 3.51. The quantitative estimate of drug-likeness (QED) is 0.324. The summed E-state index contributed by atoms with van der Waals surface area (Å²) in [6.07, 6.45) is -0.528. The molecule has 0 aliphatic carbocycles. The lowest BCUT2D eigenvalue weighted by molar-refractivity contribution is -0.151. The smallest absolute Gasteiger partial charge is 0.296 e. The van der Waals surface area contributed by atoms with Crippen molar-refractivity contribution in [2.75, 3.05) is 0 Å². The second-order valence-corrected chi connectivity index (χ2v) is 1.62. The lowest BCUT2D eigenvalue weighted by Gasteiger charge is -2.10. The topological polar surface area (TPSA) is 35.5 Å². The Hall–Kier alpha value is -0.990. The van der Waals surface area contributed by atoms with Gasteiger partial charge < -0.3 is 9.47 Å². The summed E-state index contributed by atoms with van der Waals surface area (Å²) >= 11 is 0. The molecule has 0 radical (unpaired) electrons. The minimum atomic E-state index is -0.528. The van der Waals surface area contributed by atoms with Crippen LogP contribution in [0.15, 0.2) is 12.3 Å². The monoisotopic (exact) mass is 130 g/mol. The van der Waals surface area contributed by atoms with Crippen LogP contribution in [0.3, 0.4) is 0 Å². The van der Waals surface area contributed by atoms with Crippen molar-refractivity contribution in [3.8, 4) is 0 Å². The minimum Gasteiger partial charge on any atom is -0.460 e. The molecule has 0 amide bonds. The number of carbonyl (C=O) groups excluding carboxylic acids is 1. The molecule has 0 rings (SSSR count). The minimum absolute atomic E-state index is 0.341. The van der Waals surface area contributed by atoms with Crippen LogP contribution in [-0.4, -0.2) is 12.8 Å². The lowest BCUT2D eigenvalue weighted by Crippen LogP contribution is -2.09. The van der Waals surface area contributed by atoms with Gasteiger partial charge in [-0.05, 0) is 6.92 Å². The Bertz CT molecular complexity index is 109. The zero-order valence-electron chi connectivity index (χ0n) is 5.59. The molecule has 0 aromatic carbocycles. The summed E-state index contributed by atoms with van der Waals surface area (Å²) in [5.74, 6) is 0.532. The van der Waals surface area contributed by atoms with Crippen molar-refractivity contribution in [2.45, 2.75) is 20.1 Å². The highest BCUT2D eigenvalue weighted by atomic mass is 16.7. The second kappa shape index (κ2) is 3.95. The number of rotatable bonds is 4. The van der Waals surface area contributed by atoms with Crippen LogP contribution in [0.5, 0.6) is 0 Å². The number of allylic oxidation sites excluding steroid dienone is 1. The van der Waals surface area contributed by atoms with Crippen LogP contribution in [0.1, 0.15) is 13.8 Å². The van der Waals surface area contributed by atoms with Gasteiger partial charge in [0.05, 0.1) is 5.76 Å². The molecule has 0 heterocycles. The summed E-state index contributed by atoms with van der Waals surface area (Å²) in [7, 11) is 0. The number of carbonyl (C=O) groups is 1. The van der Waals surface area contributed by atoms with Crippen LogP contribution >= 0.6 is 0 Å². The van der Waals surface area contributed by atoms with Crippen LogP contribution in [0.2, 0.25) is 0 Å². The fourth-order valence-electron chi connectivity index (χ4n) is 0.389. The van der Waals surface area contributed by atoms with Gasteiger partial charge in [-0.25, -0.2) is 0 Å². The molecular weight excluding hydrogens is 120 g/mol. The lowest BCUT2D eigenvalue weighted by atomic mass is 10.6. The maximum absolute atomic E-state index is 9.66. The third-order valence-electron chi connectivity index (χ3n) is 0.614. The van der Waals surface area contributed by atoms with Gasteiger partial charge in [-0.15, -0.1) is 0 Å². The predicted octanol–water partition coefficient (Wildman–Crippen LogP) is 1.06. The van der Waals surface area contributed by atoms with Crippen LogP contribution < -0.4 is 0 Å². The average molecular weight is 130 g/mol. The van der Waals surface area contributed by atoms with Gasteiger partial charge in [-0.1, -0.05) is 6.58 Å². The van der Waals surface area contributed by atoms with E-state index in [0.717, 1.165) is 0 Å². The first kappa shape index (κ1) is 8.01. The summed E-state index contributed by atoms with van der Waals surface area (Å²) in [5, 5.41) is 0. The maximum atomic E-state index is 9.66. The fraction of sp³-hybridized carbons (Fsp3) is 0.500. The van der Waals surface area contributed by atoms with Gasteiger partial charge in [0, 0.05) is 6.92 Å². The van der Waals surface area contributed by atoms with E-state index in [1.807, 2.05) is 0 Å². The molecule has 0 saturated heterocycles. The molecule has 0 fully saturated rings. The Morgan fingerprint density at radius 2 is 2.33 bits per heavy atom. The second-order valence-electron chi connectivity index (χ2n) is 1.62. The zero-order valence-corrected chi connectivity index (χ0v) is 5.59. The van der Waals surface area contributed by atoms with E-state index in [1.165, 1.54) is 0 Å². The molecular formula is C6H10O3. The first-order valence-corrected chi connectivity index (χ1v) is 2.58. The molecule has 1 unspecified atom stereocenters. The van der Waals surface area contributed by atoms with Gasteiger partial charge in [0.1, 0.15) is 0 Å². The third-order valence-corrected chi connectivity index (χ3v) is 0.614. The molecule has 0 aliphatic heterocycles. The Morgan fingerprint density at radius 3 is 2.67 bits per heavy atom. The maximum Gasteiger partial charge on any atom is 0.296 e. The molecule has 52 valence electrons. The van der Waals surface area contributed by atoms with E-state index >= 15 is 0 Å². The fourth-order valence-corrected chi connectivity index (χ4v) is 0.389. The van der Waals surface area contributed by atoms with Crippen molar-refractivity contribution in [2.24, 2.45) is 0 Å². The van der Waals surface area contributed by atoms with Gasteiger partial charge >= 0.3 is 0 Å². The largest absolute Gasteiger partial charge is 0.460 e. The number of hydrogen-bond acceptors (Lipinski definition) is 3. The van der Waals surface area contributed by atoms with E-state index in [2.05, 4.69) is 11.3 Å². The van der Waals surface area contributed by atoms with Gasteiger partial charge in [-0.2, -0.15) is 0 Å². The van der Waals surface area contributed by atoms with E-state index in [4.69, 9.17) is 4.74 Å². The Morgan fingerprint density at radius 1 is 1.78 bits per heavy atom. The van der Waals surface area contributed by atoms with Crippen molar-refractivity contribution < 1.29 is 14.3 Å². The van der Waals surface area contributed by atoms with Crippen molar-refractivity contribution in [3.63, 3.8) is 0 Å². The molecule has 3 heteroatoms. The van der Waals surface area contributed by atoms with E-state index in [-0.39, 0.29) is 0 Å². The standard InChI is InChI=1S/C6H10O3/c1-5(2)9-6(3)8-4-7/h4,6H,1H2,2-3H3. The van der Waals surface area contributed by atoms with Crippen molar-refractivity contribution in [1.82, 2.24) is 0 Å². The molecule has 9 heavy (non-hydrogen) atoms. The van der Waals surface area contributed by atoms with E-state index in [1.54, 1.807) is 13.8 Å². The van der Waals surface area contributed by atoms with Crippen molar-refractivity contribution >= 4 is 6.47 Å². The molecule has 0 N–H and O–H groups in total. The summed E-state index contributed by atoms with van der Waals surface area (Å²) in [6.45, 7) is 7.10. The van der Waals surface area contributed by atoms with E-state index in [9.17, 15) is 4.79 Å². The van der Waals surface area contributed by atoms with Gasteiger partial charge in [0.25, 0.3) is 6.47 Å². The highest BCUT2D eigenvalue weighted by Crippen LogP contribution is 1.97. The molecule has 0 spiro atoms. The van der Waals surface area contributed by atoms with Crippen LogP contribution in [0.25, 0.3) is 0 Å². The van der Waals surface area contributed by atoms with Crippen LogP contribution in [0.4, 0.5) is 0 Å². The highest BCUT2D eigenvalue weighted by Gasteiger charge is 1.98. The molecule has 0 aromatic rings. The van der Waals surface area contributed by atoms with Crippen LogP contribution in [0, 0.1) is 0 Å². The molecule has 3 nitrogen and oxygen atoms in total. The molecule has 0 aliphatic rings. The van der Waals surface area contributed by atoms with Gasteiger partial charge in [0.15, 0.2) is 0 Å². The number of hydrogen-bond donors (Lipinski definition) is 0. The molecule has 0 bridgehead atoms. The van der Waals surface area contributed by atoms with Crippen LogP contribution in [-0.2, 0) is 14.3 Å². The Labute approximate surface area is 54.3 Å². The summed E-state index contributed by atoms with van der Waals surface area (Å²) in [4.78, 5) is 9.66. The first-order valence-electron chi connectivity index (χ1n) is 2.58. The van der Waals surface area contributed by atoms with E-state index in [0.29, 0.717) is 12.2 Å². The predicted molar refractivity (Wildman–Crippen MR) is 32.5 cm³/mol. The van der Waals surface area contributed by atoms with Gasteiger partial charge in [-0.3, -0.25) is 4.79 Å². The third kappa shape index (κ3) is 4.87. The first-order chi connectivity index (χ1) is 4.16. The summed E-state index contributed by atoms with van der Waals surface area (Å²) in [5.41, 5.74) is 0. The average Bonchev–Trinajstić information content (AvgIpc) is 1.63.